The number of primary amides is 1. The Morgan fingerprint density at radius 3 is 2.50 bits per heavy atom. The van der Waals surface area contributed by atoms with Crippen LogP contribution < -0.4 is 16.4 Å². The van der Waals surface area contributed by atoms with Crippen LogP contribution >= 0.6 is 23.2 Å². The minimum atomic E-state index is -1.43. The molecule has 1 aromatic carbocycles. The lowest BCUT2D eigenvalue weighted by molar-refractivity contribution is -0.140. The molecule has 5 N–H and O–H groups in total. The van der Waals surface area contributed by atoms with E-state index in [1.807, 2.05) is 0 Å². The molecule has 0 fully saturated rings. The highest BCUT2D eigenvalue weighted by Gasteiger charge is 2.22. The fraction of sp³-hybridized carbons (Fsp3) is 0.182. The number of aliphatic carboxylic acids is 1. The van der Waals surface area contributed by atoms with Crippen molar-refractivity contribution in [2.75, 3.05) is 5.32 Å². The molecule has 108 valence electrons. The van der Waals surface area contributed by atoms with Gasteiger partial charge >= 0.3 is 12.0 Å². The molecule has 0 aliphatic carbocycles. The second-order valence-electron chi connectivity index (χ2n) is 3.76. The molecule has 0 saturated carbocycles. The lowest BCUT2D eigenvalue weighted by atomic mass is 10.2. The van der Waals surface area contributed by atoms with Crippen molar-refractivity contribution >= 4 is 46.8 Å². The van der Waals surface area contributed by atoms with Gasteiger partial charge in [0, 0.05) is 0 Å². The number of nitrogens with one attached hydrogen (secondary N) is 2. The summed E-state index contributed by atoms with van der Waals surface area (Å²) in [6.07, 6.45) is -0.522. The minimum Gasteiger partial charge on any atom is -0.480 e. The molecule has 0 radical (unpaired) electrons. The molecule has 0 aliphatic rings. The molecule has 0 spiro atoms. The molecule has 20 heavy (non-hydrogen) atoms. The van der Waals surface area contributed by atoms with Crippen LogP contribution in [0.3, 0.4) is 0 Å². The Balaban J connectivity index is 2.73. The second kappa shape index (κ2) is 6.97. The number of anilines is 1. The van der Waals surface area contributed by atoms with Crippen molar-refractivity contribution in [2.24, 2.45) is 5.73 Å². The largest absolute Gasteiger partial charge is 0.480 e. The summed E-state index contributed by atoms with van der Waals surface area (Å²) < 4.78 is 0. The van der Waals surface area contributed by atoms with Gasteiger partial charge in [-0.2, -0.15) is 0 Å². The van der Waals surface area contributed by atoms with E-state index in [0.29, 0.717) is 0 Å². The highest BCUT2D eigenvalue weighted by atomic mass is 35.5. The number of nitrogens with two attached hydrogens (primary N) is 1. The quantitative estimate of drug-likeness (QED) is 0.656. The first-order valence-corrected chi connectivity index (χ1v) is 6.09. The van der Waals surface area contributed by atoms with Gasteiger partial charge in [-0.05, 0) is 12.1 Å². The predicted molar refractivity (Wildman–Crippen MR) is 73.9 cm³/mol. The number of benzene rings is 1. The van der Waals surface area contributed by atoms with Crippen molar-refractivity contribution in [3.63, 3.8) is 0 Å². The number of amides is 3. The van der Waals surface area contributed by atoms with Gasteiger partial charge in [0.2, 0.25) is 5.91 Å². The molecule has 0 unspecified atom stereocenters. The zero-order valence-corrected chi connectivity index (χ0v) is 11.5. The van der Waals surface area contributed by atoms with E-state index in [2.05, 4.69) is 10.6 Å². The van der Waals surface area contributed by atoms with E-state index in [1.165, 1.54) is 12.1 Å². The highest BCUT2D eigenvalue weighted by Crippen LogP contribution is 2.29. The fourth-order valence-electron chi connectivity index (χ4n) is 1.32. The standard InChI is InChI=1S/C11H11Cl2N3O4/c12-5-2-1-3-6(9(5)13)15-11(20)16-7(10(18)19)4-8(14)17/h1-3,7H,4H2,(H2,14,17)(H,18,19)(H2,15,16,20)/t7-/m0/s1. The average Bonchev–Trinajstić information content (AvgIpc) is 2.33. The monoisotopic (exact) mass is 319 g/mol. The summed E-state index contributed by atoms with van der Waals surface area (Å²) in [5, 5.41) is 13.6. The van der Waals surface area contributed by atoms with Gasteiger partial charge in [-0.1, -0.05) is 29.3 Å². The molecule has 1 aromatic rings. The van der Waals surface area contributed by atoms with Gasteiger partial charge in [0.25, 0.3) is 0 Å². The Bertz CT molecular complexity index is 550. The number of hydrogen-bond acceptors (Lipinski definition) is 3. The molecule has 9 heteroatoms. The van der Waals surface area contributed by atoms with E-state index in [9.17, 15) is 14.4 Å². The van der Waals surface area contributed by atoms with Gasteiger partial charge in [0.1, 0.15) is 6.04 Å². The summed E-state index contributed by atoms with van der Waals surface area (Å²) in [7, 11) is 0. The van der Waals surface area contributed by atoms with Crippen molar-refractivity contribution in [3.05, 3.63) is 28.2 Å². The van der Waals surface area contributed by atoms with Crippen molar-refractivity contribution in [2.45, 2.75) is 12.5 Å². The smallest absolute Gasteiger partial charge is 0.326 e. The second-order valence-corrected chi connectivity index (χ2v) is 4.55. The molecule has 0 bridgehead atoms. The first-order valence-electron chi connectivity index (χ1n) is 5.34. The lowest BCUT2D eigenvalue weighted by Gasteiger charge is -2.14. The summed E-state index contributed by atoms with van der Waals surface area (Å²) in [4.78, 5) is 33.2. The van der Waals surface area contributed by atoms with Crippen LogP contribution in [0.4, 0.5) is 10.5 Å². The first kappa shape index (κ1) is 16.1. The third-order valence-electron chi connectivity index (χ3n) is 2.21. The van der Waals surface area contributed by atoms with Gasteiger partial charge in [-0.25, -0.2) is 9.59 Å². The van der Waals surface area contributed by atoms with Crippen LogP contribution in [0.15, 0.2) is 18.2 Å². The zero-order chi connectivity index (χ0) is 15.3. The van der Waals surface area contributed by atoms with E-state index >= 15 is 0 Å². The van der Waals surface area contributed by atoms with Gasteiger partial charge in [0.05, 0.1) is 22.2 Å². The molecule has 0 saturated heterocycles. The third kappa shape index (κ3) is 4.60. The van der Waals surface area contributed by atoms with Crippen LogP contribution in [0.5, 0.6) is 0 Å². The Kier molecular flexibility index (Phi) is 5.60. The molecule has 0 heterocycles. The molecule has 0 aliphatic heterocycles. The Morgan fingerprint density at radius 1 is 1.30 bits per heavy atom. The van der Waals surface area contributed by atoms with Crippen LogP contribution in [-0.2, 0) is 9.59 Å². The lowest BCUT2D eigenvalue weighted by Crippen LogP contribution is -2.45. The summed E-state index contributed by atoms with van der Waals surface area (Å²) in [5.74, 6) is -2.23. The van der Waals surface area contributed by atoms with Crippen molar-refractivity contribution in [3.8, 4) is 0 Å². The number of carboxylic acids is 1. The first-order chi connectivity index (χ1) is 9.31. The van der Waals surface area contributed by atoms with Crippen LogP contribution in [0.25, 0.3) is 0 Å². The number of carboxylic acid groups (broad SMARTS) is 1. The Labute approximate surface area is 124 Å². The maximum Gasteiger partial charge on any atom is 0.326 e. The van der Waals surface area contributed by atoms with E-state index in [1.54, 1.807) is 6.07 Å². The van der Waals surface area contributed by atoms with Gasteiger partial charge in [-0.3, -0.25) is 4.79 Å². The van der Waals surface area contributed by atoms with Crippen molar-refractivity contribution < 1.29 is 19.5 Å². The van der Waals surface area contributed by atoms with Crippen LogP contribution in [0.1, 0.15) is 6.42 Å². The maximum atomic E-state index is 11.6. The van der Waals surface area contributed by atoms with E-state index in [-0.39, 0.29) is 15.7 Å². The minimum absolute atomic E-state index is 0.117. The molecule has 0 aromatic heterocycles. The van der Waals surface area contributed by atoms with Crippen molar-refractivity contribution in [1.82, 2.24) is 5.32 Å². The molecular weight excluding hydrogens is 309 g/mol. The van der Waals surface area contributed by atoms with Crippen LogP contribution in [0.2, 0.25) is 10.0 Å². The van der Waals surface area contributed by atoms with Gasteiger partial charge in [0.15, 0.2) is 0 Å². The molecule has 1 rings (SSSR count). The van der Waals surface area contributed by atoms with Crippen LogP contribution in [-0.4, -0.2) is 29.1 Å². The van der Waals surface area contributed by atoms with Gasteiger partial charge < -0.3 is 21.5 Å². The number of carbonyl (C=O) groups is 3. The number of carbonyl (C=O) groups excluding carboxylic acids is 2. The van der Waals surface area contributed by atoms with Crippen molar-refractivity contribution in [1.29, 1.82) is 0 Å². The number of halogens is 2. The highest BCUT2D eigenvalue weighted by molar-refractivity contribution is 6.43. The molecular formula is C11H11Cl2N3O4. The number of rotatable bonds is 5. The SMILES string of the molecule is NC(=O)C[C@H](NC(=O)Nc1cccc(Cl)c1Cl)C(=O)O. The Hall–Kier alpha value is -1.99. The molecule has 3 amide bonds. The van der Waals surface area contributed by atoms with E-state index < -0.39 is 30.4 Å². The van der Waals surface area contributed by atoms with E-state index in [4.69, 9.17) is 34.0 Å². The number of urea groups is 1. The van der Waals surface area contributed by atoms with Gasteiger partial charge in [-0.15, -0.1) is 0 Å². The number of hydrogen-bond donors (Lipinski definition) is 4. The summed E-state index contributed by atoms with van der Waals surface area (Å²) >= 11 is 11.6. The average molecular weight is 320 g/mol. The maximum absolute atomic E-state index is 11.6. The summed E-state index contributed by atoms with van der Waals surface area (Å²) in [6, 6.07) is 2.30. The third-order valence-corrected chi connectivity index (χ3v) is 3.03. The fourth-order valence-corrected chi connectivity index (χ4v) is 1.67. The predicted octanol–water partition coefficient (Wildman–Crippen LogP) is 1.44. The Morgan fingerprint density at radius 2 is 1.95 bits per heavy atom. The summed E-state index contributed by atoms with van der Waals surface area (Å²) in [6.45, 7) is 0. The zero-order valence-electron chi connectivity index (χ0n) is 10.0. The summed E-state index contributed by atoms with van der Waals surface area (Å²) in [5.41, 5.74) is 5.10. The molecule has 1 atom stereocenters. The van der Waals surface area contributed by atoms with E-state index in [0.717, 1.165) is 0 Å². The topological polar surface area (TPSA) is 122 Å². The van der Waals surface area contributed by atoms with Crippen LogP contribution in [0, 0.1) is 0 Å². The molecule has 7 nitrogen and oxygen atoms in total. The normalized spacial score (nSPS) is 11.5.